The van der Waals surface area contributed by atoms with Crippen LogP contribution in [0.15, 0.2) is 40.2 Å². The Morgan fingerprint density at radius 3 is 2.71 bits per heavy atom. The van der Waals surface area contributed by atoms with Gasteiger partial charge in [0.2, 0.25) is 5.82 Å². The predicted octanol–water partition coefficient (Wildman–Crippen LogP) is 2.02. The van der Waals surface area contributed by atoms with Gasteiger partial charge in [0, 0.05) is 35.9 Å². The van der Waals surface area contributed by atoms with E-state index < -0.39 is 17.6 Å². The van der Waals surface area contributed by atoms with Gasteiger partial charge >= 0.3 is 12.1 Å². The molecule has 3 heterocycles. The highest BCUT2D eigenvalue weighted by molar-refractivity contribution is 5.58. The minimum Gasteiger partial charge on any atom is -0.329 e. The molecule has 0 aliphatic rings. The van der Waals surface area contributed by atoms with Crippen molar-refractivity contribution in [2.24, 2.45) is 0 Å². The highest BCUT2D eigenvalue weighted by atomic mass is 19.4. The Balaban J connectivity index is 1.93. The van der Waals surface area contributed by atoms with E-state index in [2.05, 4.69) is 29.6 Å². The number of nitrogens with zero attached hydrogens (tertiary/aromatic N) is 4. The van der Waals surface area contributed by atoms with Gasteiger partial charge in [-0.25, -0.2) is 0 Å². The molecular weight excluding hydrogens is 327 g/mol. The number of aryl methyl sites for hydroxylation is 1. The van der Waals surface area contributed by atoms with Crippen LogP contribution in [-0.2, 0) is 19.0 Å². The summed E-state index contributed by atoms with van der Waals surface area (Å²) in [7, 11) is 0. The van der Waals surface area contributed by atoms with Crippen molar-refractivity contribution in [2.45, 2.75) is 19.0 Å². The van der Waals surface area contributed by atoms with Gasteiger partial charge in [0.25, 0.3) is 5.56 Å². The van der Waals surface area contributed by atoms with Crippen molar-refractivity contribution in [3.63, 3.8) is 0 Å². The second-order valence-corrected chi connectivity index (χ2v) is 4.82. The Morgan fingerprint density at radius 2 is 2.04 bits per heavy atom. The lowest BCUT2D eigenvalue weighted by Crippen LogP contribution is -2.15. The minimum atomic E-state index is -4.74. The molecule has 0 aliphatic carbocycles. The molecule has 0 fully saturated rings. The van der Waals surface area contributed by atoms with Crippen LogP contribution in [0.1, 0.15) is 17.1 Å². The number of pyridine rings is 1. The topological polar surface area (TPSA) is 97.6 Å². The highest BCUT2D eigenvalue weighted by Crippen LogP contribution is 2.29. The van der Waals surface area contributed by atoms with Crippen LogP contribution in [0, 0.1) is 0 Å². The van der Waals surface area contributed by atoms with Gasteiger partial charge in [0.05, 0.1) is 5.69 Å². The van der Waals surface area contributed by atoms with Gasteiger partial charge in [-0.1, -0.05) is 5.16 Å². The van der Waals surface area contributed by atoms with Crippen molar-refractivity contribution in [1.29, 1.82) is 0 Å². The number of halogens is 3. The lowest BCUT2D eigenvalue weighted by molar-refractivity contribution is -0.159. The molecule has 0 saturated heterocycles. The Hall–Kier alpha value is -3.04. The van der Waals surface area contributed by atoms with Crippen molar-refractivity contribution in [1.82, 2.24) is 25.1 Å². The Kier molecular flexibility index (Phi) is 4.11. The maximum absolute atomic E-state index is 12.6. The van der Waals surface area contributed by atoms with Gasteiger partial charge in [-0.2, -0.15) is 18.2 Å². The number of hydrogen-bond acceptors (Lipinski definition) is 6. The van der Waals surface area contributed by atoms with E-state index in [0.29, 0.717) is 12.1 Å². The van der Waals surface area contributed by atoms with Crippen molar-refractivity contribution < 1.29 is 17.7 Å². The zero-order valence-corrected chi connectivity index (χ0v) is 12.0. The van der Waals surface area contributed by atoms with E-state index in [0.717, 1.165) is 0 Å². The van der Waals surface area contributed by atoms with E-state index in [4.69, 9.17) is 0 Å². The summed E-state index contributed by atoms with van der Waals surface area (Å²) in [6.45, 7) is 0. The molecule has 3 aromatic rings. The molecule has 0 aliphatic heterocycles. The van der Waals surface area contributed by atoms with Gasteiger partial charge in [0.15, 0.2) is 0 Å². The highest BCUT2D eigenvalue weighted by Gasteiger charge is 2.38. The predicted molar refractivity (Wildman–Crippen MR) is 74.8 cm³/mol. The quantitative estimate of drug-likeness (QED) is 0.782. The summed E-state index contributed by atoms with van der Waals surface area (Å²) in [6, 6.07) is 1.43. The molecular formula is C14H10F3N5O2. The Bertz CT molecular complexity index is 889. The fraction of sp³-hybridized carbons (Fsp3) is 0.214. The molecule has 7 nitrogen and oxygen atoms in total. The first-order valence-electron chi connectivity index (χ1n) is 6.82. The molecule has 0 atom stereocenters. The summed E-state index contributed by atoms with van der Waals surface area (Å²) in [4.78, 5) is 25.9. The third kappa shape index (κ3) is 3.31. The molecule has 0 unspecified atom stereocenters. The summed E-state index contributed by atoms with van der Waals surface area (Å²) >= 11 is 0. The number of H-pyrrole nitrogens is 1. The lowest BCUT2D eigenvalue weighted by Gasteiger charge is -2.04. The molecule has 0 saturated carbocycles. The zero-order valence-electron chi connectivity index (χ0n) is 12.0. The van der Waals surface area contributed by atoms with Gasteiger partial charge in [-0.15, -0.1) is 0 Å². The van der Waals surface area contributed by atoms with Crippen LogP contribution in [0.5, 0.6) is 0 Å². The molecule has 0 radical (unpaired) electrons. The molecule has 0 aromatic carbocycles. The van der Waals surface area contributed by atoms with Crippen LogP contribution < -0.4 is 5.56 Å². The summed E-state index contributed by atoms with van der Waals surface area (Å²) < 4.78 is 42.0. The van der Waals surface area contributed by atoms with Crippen LogP contribution in [-0.4, -0.2) is 25.1 Å². The van der Waals surface area contributed by atoms with Crippen LogP contribution in [0.4, 0.5) is 13.2 Å². The van der Waals surface area contributed by atoms with Crippen LogP contribution in [0.2, 0.25) is 0 Å². The molecule has 1 N–H and O–H groups in total. The largest absolute Gasteiger partial charge is 0.471 e. The fourth-order valence-corrected chi connectivity index (χ4v) is 2.13. The second kappa shape index (κ2) is 6.22. The van der Waals surface area contributed by atoms with E-state index in [-0.39, 0.29) is 23.4 Å². The minimum absolute atomic E-state index is 0.182. The fourth-order valence-electron chi connectivity index (χ4n) is 2.13. The molecule has 124 valence electrons. The smallest absolute Gasteiger partial charge is 0.329 e. The van der Waals surface area contributed by atoms with E-state index >= 15 is 0 Å². The SMILES string of the molecule is O=c1[nH]ccc(-c2noc(C(F)(F)F)n2)c1CCc1cnccn1. The number of aromatic amines is 1. The number of hydrogen-bond donors (Lipinski definition) is 1. The van der Waals surface area contributed by atoms with Crippen LogP contribution in [0.3, 0.4) is 0 Å². The van der Waals surface area contributed by atoms with Crippen molar-refractivity contribution in [2.75, 3.05) is 0 Å². The number of aromatic nitrogens is 5. The van der Waals surface area contributed by atoms with Crippen LogP contribution in [0.25, 0.3) is 11.4 Å². The summed E-state index contributed by atoms with van der Waals surface area (Å²) in [5, 5.41) is 3.32. The monoisotopic (exact) mass is 337 g/mol. The molecule has 0 bridgehead atoms. The first kappa shape index (κ1) is 15.8. The maximum Gasteiger partial charge on any atom is 0.471 e. The molecule has 10 heteroatoms. The summed E-state index contributed by atoms with van der Waals surface area (Å²) in [5.74, 6) is -1.75. The normalized spacial score (nSPS) is 11.6. The summed E-state index contributed by atoms with van der Waals surface area (Å²) in [6.07, 6.45) is 1.77. The van der Waals surface area contributed by atoms with E-state index in [1.54, 1.807) is 6.20 Å². The van der Waals surface area contributed by atoms with Crippen molar-refractivity contribution >= 4 is 0 Å². The van der Waals surface area contributed by atoms with Gasteiger partial charge in [-0.3, -0.25) is 14.8 Å². The van der Waals surface area contributed by atoms with Crippen molar-refractivity contribution in [3.05, 3.63) is 58.4 Å². The average Bonchev–Trinajstić information content (AvgIpc) is 3.04. The van der Waals surface area contributed by atoms with Gasteiger partial charge < -0.3 is 9.51 Å². The standard InChI is InChI=1S/C14H10F3N5O2/c15-14(16,17)13-21-11(22-24-13)9-3-4-20-12(23)10(9)2-1-8-7-18-5-6-19-8/h3-7H,1-2H2,(H,20,23). The second-order valence-electron chi connectivity index (χ2n) is 4.82. The number of rotatable bonds is 4. The third-order valence-corrected chi connectivity index (χ3v) is 3.22. The number of alkyl halides is 3. The molecule has 3 aromatic heterocycles. The third-order valence-electron chi connectivity index (χ3n) is 3.22. The van der Waals surface area contributed by atoms with Crippen LogP contribution >= 0.6 is 0 Å². The maximum atomic E-state index is 12.6. The Labute approximate surface area is 132 Å². The average molecular weight is 337 g/mol. The Morgan fingerprint density at radius 1 is 1.21 bits per heavy atom. The molecule has 3 rings (SSSR count). The number of nitrogens with one attached hydrogen (secondary N) is 1. The van der Waals surface area contributed by atoms with Gasteiger partial charge in [0.1, 0.15) is 0 Å². The molecule has 0 amide bonds. The summed E-state index contributed by atoms with van der Waals surface area (Å²) in [5.41, 5.74) is 0.644. The molecule has 0 spiro atoms. The zero-order chi connectivity index (χ0) is 17.2. The van der Waals surface area contributed by atoms with Crippen molar-refractivity contribution in [3.8, 4) is 11.4 Å². The lowest BCUT2D eigenvalue weighted by atomic mass is 10.0. The first-order valence-corrected chi connectivity index (χ1v) is 6.82. The van der Waals surface area contributed by atoms with E-state index in [1.807, 2.05) is 0 Å². The molecule has 24 heavy (non-hydrogen) atoms. The first-order chi connectivity index (χ1) is 11.4. The van der Waals surface area contributed by atoms with Gasteiger partial charge in [-0.05, 0) is 18.9 Å². The van der Waals surface area contributed by atoms with E-state index in [9.17, 15) is 18.0 Å². The van der Waals surface area contributed by atoms with E-state index in [1.165, 1.54) is 24.7 Å².